The van der Waals surface area contributed by atoms with Gasteiger partial charge in [0.15, 0.2) is 6.61 Å². The highest BCUT2D eigenvalue weighted by Gasteiger charge is 2.17. The molecule has 4 aromatic rings. The molecular weight excluding hydrogens is 340 g/mol. The van der Waals surface area contributed by atoms with Crippen LogP contribution in [0.25, 0.3) is 22.2 Å². The zero-order valence-corrected chi connectivity index (χ0v) is 14.4. The van der Waals surface area contributed by atoms with Gasteiger partial charge in [0.1, 0.15) is 0 Å². The number of rotatable bonds is 5. The number of para-hydroxylation sites is 1. The van der Waals surface area contributed by atoms with Gasteiger partial charge >= 0.3 is 5.97 Å². The minimum Gasteiger partial charge on any atom is -0.454 e. The number of aromatic amines is 1. The lowest BCUT2D eigenvalue weighted by Gasteiger charge is -2.10. The molecule has 0 atom stereocenters. The number of nitrogens with zero attached hydrogens (tertiary/aromatic N) is 1. The highest BCUT2D eigenvalue weighted by atomic mass is 16.5. The number of carbonyl (C=O) groups excluding carboxylic acids is 2. The predicted molar refractivity (Wildman–Crippen MR) is 103 cm³/mol. The lowest BCUT2D eigenvalue weighted by atomic mass is 10.0. The Kier molecular flexibility index (Phi) is 4.49. The van der Waals surface area contributed by atoms with Gasteiger partial charge in [0.05, 0.1) is 22.5 Å². The Labute approximate surface area is 155 Å². The average molecular weight is 356 g/mol. The van der Waals surface area contributed by atoms with E-state index in [1.165, 1.54) is 0 Å². The van der Waals surface area contributed by atoms with Crippen LogP contribution < -0.4 is 0 Å². The van der Waals surface area contributed by atoms with Gasteiger partial charge in [-0.2, -0.15) is 0 Å². The second kappa shape index (κ2) is 7.25. The van der Waals surface area contributed by atoms with Crippen LogP contribution in [0.4, 0.5) is 0 Å². The number of benzene rings is 2. The van der Waals surface area contributed by atoms with E-state index < -0.39 is 5.97 Å². The van der Waals surface area contributed by atoms with Crippen molar-refractivity contribution in [2.75, 3.05) is 6.61 Å². The smallest absolute Gasteiger partial charge is 0.339 e. The molecule has 2 heterocycles. The van der Waals surface area contributed by atoms with Gasteiger partial charge in [0.25, 0.3) is 0 Å². The van der Waals surface area contributed by atoms with Crippen molar-refractivity contribution in [3.05, 3.63) is 90.3 Å². The van der Waals surface area contributed by atoms with E-state index in [0.717, 1.165) is 5.56 Å². The number of carbonyl (C=O) groups is 2. The molecule has 0 spiro atoms. The summed E-state index contributed by atoms with van der Waals surface area (Å²) in [6, 6.07) is 22.1. The quantitative estimate of drug-likeness (QED) is 0.428. The van der Waals surface area contributed by atoms with Crippen molar-refractivity contribution in [3.63, 3.8) is 0 Å². The largest absolute Gasteiger partial charge is 0.454 e. The van der Waals surface area contributed by atoms with Crippen molar-refractivity contribution in [1.82, 2.24) is 9.97 Å². The molecule has 0 aliphatic carbocycles. The van der Waals surface area contributed by atoms with Crippen LogP contribution in [-0.4, -0.2) is 28.3 Å². The van der Waals surface area contributed by atoms with Gasteiger partial charge in [-0.25, -0.2) is 9.78 Å². The number of aromatic nitrogens is 2. The molecular formula is C22H16N2O3. The van der Waals surface area contributed by atoms with Crippen molar-refractivity contribution < 1.29 is 14.3 Å². The van der Waals surface area contributed by atoms with Crippen LogP contribution in [0.5, 0.6) is 0 Å². The van der Waals surface area contributed by atoms with Gasteiger partial charge < -0.3 is 9.72 Å². The van der Waals surface area contributed by atoms with E-state index >= 15 is 0 Å². The fraction of sp³-hybridized carbons (Fsp3) is 0.0455. The molecule has 5 nitrogen and oxygen atoms in total. The molecule has 5 heteroatoms. The molecule has 0 bridgehead atoms. The van der Waals surface area contributed by atoms with Crippen molar-refractivity contribution >= 4 is 22.7 Å². The van der Waals surface area contributed by atoms with Crippen molar-refractivity contribution in [2.45, 2.75) is 0 Å². The highest BCUT2D eigenvalue weighted by Crippen LogP contribution is 2.25. The first kappa shape index (κ1) is 16.7. The molecule has 2 aromatic heterocycles. The number of hydrogen-bond donors (Lipinski definition) is 1. The molecule has 0 saturated heterocycles. The maximum absolute atomic E-state index is 12.7. The number of esters is 1. The van der Waals surface area contributed by atoms with E-state index in [4.69, 9.17) is 4.74 Å². The molecule has 0 amide bonds. The van der Waals surface area contributed by atoms with Gasteiger partial charge in [-0.05, 0) is 24.3 Å². The lowest BCUT2D eigenvalue weighted by Crippen LogP contribution is -2.15. The minimum atomic E-state index is -0.550. The van der Waals surface area contributed by atoms with Crippen molar-refractivity contribution in [1.29, 1.82) is 0 Å². The van der Waals surface area contributed by atoms with E-state index in [0.29, 0.717) is 27.9 Å². The van der Waals surface area contributed by atoms with Gasteiger partial charge in [-0.1, -0.05) is 48.5 Å². The number of H-pyrrole nitrogens is 1. The average Bonchev–Trinajstić information content (AvgIpc) is 3.26. The number of nitrogens with one attached hydrogen (secondary N) is 1. The Hall–Kier alpha value is -3.73. The summed E-state index contributed by atoms with van der Waals surface area (Å²) in [4.78, 5) is 32.2. The molecule has 4 rings (SSSR count). The Balaban J connectivity index is 1.67. The van der Waals surface area contributed by atoms with Gasteiger partial charge in [-0.3, -0.25) is 4.79 Å². The maximum Gasteiger partial charge on any atom is 0.339 e. The maximum atomic E-state index is 12.7. The van der Waals surface area contributed by atoms with Gasteiger partial charge in [0.2, 0.25) is 5.78 Å². The fourth-order valence-electron chi connectivity index (χ4n) is 2.89. The minimum absolute atomic E-state index is 0.282. The molecule has 1 N–H and O–H groups in total. The summed E-state index contributed by atoms with van der Waals surface area (Å²) in [6.45, 7) is -0.323. The summed E-state index contributed by atoms with van der Waals surface area (Å²) in [6.07, 6.45) is 1.65. The van der Waals surface area contributed by atoms with Crippen LogP contribution in [0, 0.1) is 0 Å². The van der Waals surface area contributed by atoms with E-state index in [1.54, 1.807) is 24.4 Å². The number of hydrogen-bond acceptors (Lipinski definition) is 4. The third-order valence-corrected chi connectivity index (χ3v) is 4.24. The van der Waals surface area contributed by atoms with Crippen LogP contribution in [0.15, 0.2) is 79.0 Å². The van der Waals surface area contributed by atoms with Crippen molar-refractivity contribution in [3.8, 4) is 11.3 Å². The second-order valence-corrected chi connectivity index (χ2v) is 6.02. The topological polar surface area (TPSA) is 72.1 Å². The number of ether oxygens (including phenoxy) is 1. The molecule has 132 valence electrons. The normalized spacial score (nSPS) is 10.7. The first-order valence-corrected chi connectivity index (χ1v) is 8.51. The molecule has 0 radical (unpaired) electrons. The first-order chi connectivity index (χ1) is 13.2. The SMILES string of the molecule is O=C(COC(=O)c1cc(-c2ccccc2)nc2ccccc12)c1ccc[nH]1. The third-order valence-electron chi connectivity index (χ3n) is 4.24. The highest BCUT2D eigenvalue weighted by molar-refractivity contribution is 6.05. The van der Waals surface area contributed by atoms with Gasteiger partial charge in [-0.15, -0.1) is 0 Å². The zero-order chi connectivity index (χ0) is 18.6. The molecule has 0 fully saturated rings. The summed E-state index contributed by atoms with van der Waals surface area (Å²) in [5, 5.41) is 0.689. The summed E-state index contributed by atoms with van der Waals surface area (Å²) < 4.78 is 5.28. The zero-order valence-electron chi connectivity index (χ0n) is 14.4. The first-order valence-electron chi connectivity index (χ1n) is 8.51. The molecule has 27 heavy (non-hydrogen) atoms. The molecule has 0 aliphatic heterocycles. The third kappa shape index (κ3) is 3.48. The van der Waals surface area contributed by atoms with Crippen molar-refractivity contribution in [2.24, 2.45) is 0 Å². The van der Waals surface area contributed by atoms with Crippen LogP contribution in [0.3, 0.4) is 0 Å². The summed E-state index contributed by atoms with van der Waals surface area (Å²) >= 11 is 0. The number of ketones is 1. The summed E-state index contributed by atoms with van der Waals surface area (Å²) in [7, 11) is 0. The number of Topliss-reactive ketones (excluding diaryl/α,β-unsaturated/α-hetero) is 1. The van der Waals surface area contributed by atoms with Crippen LogP contribution in [0.1, 0.15) is 20.8 Å². The molecule has 2 aromatic carbocycles. The van der Waals surface area contributed by atoms with E-state index in [-0.39, 0.29) is 12.4 Å². The predicted octanol–water partition coefficient (Wildman–Crippen LogP) is 4.27. The Morgan fingerprint density at radius 3 is 2.48 bits per heavy atom. The Morgan fingerprint density at radius 2 is 1.70 bits per heavy atom. The van der Waals surface area contributed by atoms with Gasteiger partial charge in [0, 0.05) is 17.1 Å². The van der Waals surface area contributed by atoms with E-state index in [2.05, 4.69) is 9.97 Å². The Morgan fingerprint density at radius 1 is 0.926 bits per heavy atom. The number of pyridine rings is 1. The summed E-state index contributed by atoms with van der Waals surface area (Å²) in [5.74, 6) is -0.833. The molecule has 0 saturated carbocycles. The monoisotopic (exact) mass is 356 g/mol. The lowest BCUT2D eigenvalue weighted by molar-refractivity contribution is 0.0475. The second-order valence-electron chi connectivity index (χ2n) is 6.02. The Bertz CT molecular complexity index is 1100. The van der Waals surface area contributed by atoms with E-state index in [9.17, 15) is 9.59 Å². The molecule has 0 aliphatic rings. The summed E-state index contributed by atoms with van der Waals surface area (Å²) in [5.41, 5.74) is 3.07. The van der Waals surface area contributed by atoms with Crippen LogP contribution in [-0.2, 0) is 4.74 Å². The molecule has 0 unspecified atom stereocenters. The van der Waals surface area contributed by atoms with E-state index in [1.807, 2.05) is 54.6 Å². The van der Waals surface area contributed by atoms with Crippen LogP contribution in [0.2, 0.25) is 0 Å². The van der Waals surface area contributed by atoms with Crippen LogP contribution >= 0.6 is 0 Å². The fourth-order valence-corrected chi connectivity index (χ4v) is 2.89. The number of fused-ring (bicyclic) bond motifs is 1. The standard InChI is InChI=1S/C22H16N2O3/c25-21(19-11-6-12-23-19)14-27-22(26)17-13-20(15-7-2-1-3-8-15)24-18-10-5-4-9-16(17)18/h1-13,23H,14H2.